The molecular formula is C32H28N4O9S3. The number of hydrogen-bond acceptors (Lipinski definition) is 11. The molecule has 1 fully saturated rings. The Hall–Kier alpha value is -4.77. The summed E-state index contributed by atoms with van der Waals surface area (Å²) in [6.07, 6.45) is 0. The highest BCUT2D eigenvalue weighted by molar-refractivity contribution is 8.00. The Bertz CT molecular complexity index is 2090. The van der Waals surface area contributed by atoms with Gasteiger partial charge in [-0.25, -0.2) is 23.3 Å². The molecule has 1 aromatic heterocycles. The summed E-state index contributed by atoms with van der Waals surface area (Å²) in [4.78, 5) is 67.9. The second kappa shape index (κ2) is 13.0. The van der Waals surface area contributed by atoms with Crippen LogP contribution in [-0.4, -0.2) is 55.6 Å². The zero-order chi connectivity index (χ0) is 34.3. The molecule has 248 valence electrons. The van der Waals surface area contributed by atoms with Crippen molar-refractivity contribution in [1.29, 1.82) is 0 Å². The number of sulfonamides is 1. The van der Waals surface area contributed by atoms with E-state index in [0.717, 1.165) is 28.0 Å². The number of nitrogens with zero attached hydrogens (tertiary/aromatic N) is 2. The summed E-state index contributed by atoms with van der Waals surface area (Å²) in [5.41, 5.74) is 1.53. The second-order valence-corrected chi connectivity index (χ2v) is 14.5. The summed E-state index contributed by atoms with van der Waals surface area (Å²) in [7, 11) is -2.40. The molecule has 1 saturated heterocycles. The van der Waals surface area contributed by atoms with Crippen LogP contribution in [0.5, 0.6) is 5.75 Å². The van der Waals surface area contributed by atoms with Gasteiger partial charge in [0.05, 0.1) is 40.8 Å². The smallest absolute Gasteiger partial charge is 0.338 e. The number of ether oxygens (including phenoxy) is 2. The molecule has 16 heteroatoms. The van der Waals surface area contributed by atoms with Crippen molar-refractivity contribution in [2.75, 3.05) is 23.9 Å². The Balaban J connectivity index is 1.35. The van der Waals surface area contributed by atoms with Gasteiger partial charge in [-0.15, -0.1) is 0 Å². The lowest BCUT2D eigenvalue weighted by Gasteiger charge is -2.30. The van der Waals surface area contributed by atoms with Crippen LogP contribution in [0.15, 0.2) is 87.5 Å². The highest BCUT2D eigenvalue weighted by atomic mass is 32.2. The van der Waals surface area contributed by atoms with Gasteiger partial charge in [-0.05, 0) is 73.2 Å². The van der Waals surface area contributed by atoms with Gasteiger partial charge >= 0.3 is 10.8 Å². The summed E-state index contributed by atoms with van der Waals surface area (Å²) in [5, 5.41) is 7.27. The number of carbonyl (C=O) groups is 4. The minimum atomic E-state index is -3.92. The van der Waals surface area contributed by atoms with Crippen molar-refractivity contribution in [3.05, 3.63) is 98.5 Å². The fourth-order valence-corrected chi connectivity index (χ4v) is 9.00. The predicted molar refractivity (Wildman–Crippen MR) is 178 cm³/mol. The molecule has 3 atom stereocenters. The van der Waals surface area contributed by atoms with Gasteiger partial charge in [-0.1, -0.05) is 35.2 Å². The lowest BCUT2D eigenvalue weighted by molar-refractivity contribution is -0.122. The molecule has 2 aliphatic rings. The quantitative estimate of drug-likeness (QED) is 0.193. The first-order chi connectivity index (χ1) is 22.9. The first-order valence-corrected chi connectivity index (χ1v) is 17.8. The van der Waals surface area contributed by atoms with Crippen molar-refractivity contribution in [2.24, 2.45) is 11.1 Å². The predicted octanol–water partition coefficient (Wildman–Crippen LogP) is 3.18. The number of esters is 1. The van der Waals surface area contributed by atoms with Crippen molar-refractivity contribution in [3.63, 3.8) is 0 Å². The maximum Gasteiger partial charge on any atom is 0.338 e. The van der Waals surface area contributed by atoms with Crippen LogP contribution < -0.4 is 25.0 Å². The van der Waals surface area contributed by atoms with E-state index in [1.807, 2.05) is 0 Å². The van der Waals surface area contributed by atoms with Crippen LogP contribution in [0.1, 0.15) is 33.6 Å². The Morgan fingerprint density at radius 2 is 1.60 bits per heavy atom. The number of amides is 3. The standard InChI is InChI=1S/C32H28N4O9S3/c1-3-45-31(40)18-4-10-20(11-5-18)36-28(38)25-24(17-6-12-21(44-2)13-7-17)27-30(46-26(25)29(36)39)35(32(41)47-27)16-23(37)34-19-8-14-22(15-9-19)48(33,42)43/h4-15,24-26H,3,16H2,1-2H3,(H,34,37)(H2,33,42,43)/t24-,25?,26?/m0/s1. The Morgan fingerprint density at radius 1 is 0.938 bits per heavy atom. The van der Waals surface area contributed by atoms with Crippen LogP contribution in [0, 0.1) is 5.92 Å². The molecule has 48 heavy (non-hydrogen) atoms. The fraction of sp³-hybridized carbons (Fsp3) is 0.219. The third-order valence-corrected chi connectivity index (χ3v) is 11.5. The van der Waals surface area contributed by atoms with Gasteiger partial charge in [0.25, 0.3) is 0 Å². The highest BCUT2D eigenvalue weighted by Crippen LogP contribution is 2.54. The average molecular weight is 709 g/mol. The van der Waals surface area contributed by atoms with E-state index < -0.39 is 62.2 Å². The molecule has 13 nitrogen and oxygen atoms in total. The Kier molecular flexibility index (Phi) is 9.00. The minimum absolute atomic E-state index is 0.126. The molecule has 4 aromatic rings. The number of hydrogen-bond donors (Lipinski definition) is 2. The van der Waals surface area contributed by atoms with E-state index in [1.54, 1.807) is 31.2 Å². The molecule has 2 aliphatic heterocycles. The van der Waals surface area contributed by atoms with E-state index in [2.05, 4.69) is 5.32 Å². The molecule has 0 bridgehead atoms. The van der Waals surface area contributed by atoms with Gasteiger partial charge in [-0.3, -0.25) is 23.7 Å². The van der Waals surface area contributed by atoms with E-state index in [9.17, 15) is 32.4 Å². The SMILES string of the molecule is CCOC(=O)c1ccc(N2C(=O)C3Sc4c(sc(=O)n4CC(=O)Nc4ccc(S(N)(=O)=O)cc4)[C@@H](c4ccc(OC)cc4)C3C2=O)cc1. The molecule has 0 radical (unpaired) electrons. The van der Waals surface area contributed by atoms with Crippen LogP contribution in [-0.2, 0) is 35.7 Å². The molecule has 3 heterocycles. The van der Waals surface area contributed by atoms with Crippen LogP contribution in [0.25, 0.3) is 0 Å². The van der Waals surface area contributed by atoms with Crippen LogP contribution >= 0.6 is 23.1 Å². The van der Waals surface area contributed by atoms with Gasteiger partial charge in [0.1, 0.15) is 17.5 Å². The Labute approximate surface area is 282 Å². The third kappa shape index (κ3) is 6.14. The normalized spacial score (nSPS) is 18.6. The number of carbonyl (C=O) groups excluding carboxylic acids is 4. The molecule has 3 amide bonds. The molecular weight excluding hydrogens is 681 g/mol. The highest BCUT2D eigenvalue weighted by Gasteiger charge is 2.56. The largest absolute Gasteiger partial charge is 0.497 e. The summed E-state index contributed by atoms with van der Waals surface area (Å²) >= 11 is 1.96. The van der Waals surface area contributed by atoms with Crippen molar-refractivity contribution in [2.45, 2.75) is 34.6 Å². The van der Waals surface area contributed by atoms with Gasteiger partial charge in [-0.2, -0.15) is 0 Å². The maximum absolute atomic E-state index is 14.1. The number of aromatic nitrogens is 1. The number of thioether (sulfide) groups is 1. The number of primary sulfonamides is 1. The van der Waals surface area contributed by atoms with Crippen molar-refractivity contribution < 1.29 is 37.1 Å². The van der Waals surface area contributed by atoms with E-state index in [-0.39, 0.29) is 28.4 Å². The second-order valence-electron chi connectivity index (χ2n) is 10.8. The number of benzene rings is 3. The summed E-state index contributed by atoms with van der Waals surface area (Å²) in [6, 6.07) is 18.3. The van der Waals surface area contributed by atoms with Crippen molar-refractivity contribution in [1.82, 2.24) is 4.57 Å². The molecule has 3 aromatic carbocycles. The number of thiazole rings is 1. The molecule has 6 rings (SSSR count). The first-order valence-electron chi connectivity index (χ1n) is 14.5. The van der Waals surface area contributed by atoms with Crippen LogP contribution in [0.2, 0.25) is 0 Å². The van der Waals surface area contributed by atoms with E-state index in [0.29, 0.717) is 21.2 Å². The monoisotopic (exact) mass is 708 g/mol. The van der Waals surface area contributed by atoms with Gasteiger partial charge in [0, 0.05) is 16.5 Å². The van der Waals surface area contributed by atoms with Crippen molar-refractivity contribution >= 4 is 68.2 Å². The number of nitrogens with two attached hydrogens (primary N) is 1. The number of imide groups is 1. The van der Waals surface area contributed by atoms with Gasteiger partial charge in [0.15, 0.2) is 0 Å². The van der Waals surface area contributed by atoms with Crippen molar-refractivity contribution in [3.8, 4) is 5.75 Å². The van der Waals surface area contributed by atoms with E-state index in [1.165, 1.54) is 60.2 Å². The van der Waals surface area contributed by atoms with Crippen LogP contribution in [0.3, 0.4) is 0 Å². The number of methoxy groups -OCH3 is 1. The summed E-state index contributed by atoms with van der Waals surface area (Å²) < 4.78 is 34.8. The lowest BCUT2D eigenvalue weighted by Crippen LogP contribution is -2.33. The number of fused-ring (bicyclic) bond motifs is 2. The van der Waals surface area contributed by atoms with Gasteiger partial charge in [0.2, 0.25) is 27.7 Å². The first kappa shape index (κ1) is 33.1. The molecule has 3 N–H and O–H groups in total. The topological polar surface area (TPSA) is 184 Å². The fourth-order valence-electron chi connectivity index (χ4n) is 5.71. The molecule has 2 unspecified atom stereocenters. The minimum Gasteiger partial charge on any atom is -0.497 e. The zero-order valence-corrected chi connectivity index (χ0v) is 27.9. The summed E-state index contributed by atoms with van der Waals surface area (Å²) in [5.74, 6) is -3.03. The summed E-state index contributed by atoms with van der Waals surface area (Å²) in [6.45, 7) is 1.49. The zero-order valence-electron chi connectivity index (χ0n) is 25.4. The average Bonchev–Trinajstić information content (AvgIpc) is 3.50. The number of anilines is 2. The molecule has 0 saturated carbocycles. The number of rotatable bonds is 9. The van der Waals surface area contributed by atoms with Crippen LogP contribution in [0.4, 0.5) is 11.4 Å². The Morgan fingerprint density at radius 3 is 2.21 bits per heavy atom. The molecule has 0 aliphatic carbocycles. The maximum atomic E-state index is 14.1. The third-order valence-electron chi connectivity index (χ3n) is 7.93. The molecule has 0 spiro atoms. The van der Waals surface area contributed by atoms with Gasteiger partial charge < -0.3 is 14.8 Å². The van der Waals surface area contributed by atoms with E-state index in [4.69, 9.17) is 14.6 Å². The van der Waals surface area contributed by atoms with E-state index >= 15 is 0 Å². The number of nitrogens with one attached hydrogen (secondary N) is 1. The lowest BCUT2D eigenvalue weighted by atomic mass is 9.83.